The Kier molecular flexibility index (Phi) is 6.09. The van der Waals surface area contributed by atoms with Crippen LogP contribution < -0.4 is 10.6 Å². The Morgan fingerprint density at radius 3 is 2.91 bits per heavy atom. The van der Waals surface area contributed by atoms with E-state index in [1.165, 1.54) is 0 Å². The van der Waals surface area contributed by atoms with Gasteiger partial charge in [-0.15, -0.1) is 12.4 Å². The predicted octanol–water partition coefficient (Wildman–Crippen LogP) is 2.75. The quantitative estimate of drug-likeness (QED) is 0.801. The molecule has 1 aliphatic heterocycles. The number of rotatable bonds is 3. The number of benzene rings is 1. The Morgan fingerprint density at radius 2 is 2.09 bits per heavy atom. The molecule has 0 radical (unpaired) electrons. The molecule has 1 amide bonds. The summed E-state index contributed by atoms with van der Waals surface area (Å²) in [6.45, 7) is 1.56. The molecule has 2 atom stereocenters. The summed E-state index contributed by atoms with van der Waals surface area (Å²) in [6, 6.07) is 5.87. The number of aliphatic hydroxyl groups is 1. The van der Waals surface area contributed by atoms with E-state index in [0.29, 0.717) is 6.54 Å². The maximum Gasteiger partial charge on any atom is 0.251 e. The van der Waals surface area contributed by atoms with E-state index in [4.69, 9.17) is 0 Å². The number of anilines is 1. The van der Waals surface area contributed by atoms with Gasteiger partial charge in [-0.3, -0.25) is 4.79 Å². The number of fused-ring (bicyclic) bond motifs is 1. The Balaban J connectivity index is 0.00000176. The molecule has 4 nitrogen and oxygen atoms in total. The highest BCUT2D eigenvalue weighted by molar-refractivity contribution is 5.97. The van der Waals surface area contributed by atoms with Crippen molar-refractivity contribution in [1.29, 1.82) is 0 Å². The van der Waals surface area contributed by atoms with Crippen molar-refractivity contribution in [2.75, 3.05) is 18.4 Å². The molecule has 1 heterocycles. The molecule has 2 unspecified atom stereocenters. The fourth-order valence-electron chi connectivity index (χ4n) is 3.47. The molecule has 5 heteroatoms. The molecular formula is C17H25ClN2O2. The molecule has 3 rings (SSSR count). The topological polar surface area (TPSA) is 61.4 Å². The van der Waals surface area contributed by atoms with Crippen molar-refractivity contribution in [3.63, 3.8) is 0 Å². The number of hydrogen-bond donors (Lipinski definition) is 3. The third-order valence-corrected chi connectivity index (χ3v) is 4.73. The molecule has 1 aromatic rings. The molecule has 3 N–H and O–H groups in total. The van der Waals surface area contributed by atoms with Gasteiger partial charge in [-0.25, -0.2) is 0 Å². The molecule has 2 aliphatic rings. The number of aliphatic hydroxyl groups excluding tert-OH is 1. The molecule has 0 aromatic heterocycles. The van der Waals surface area contributed by atoms with E-state index in [2.05, 4.69) is 10.6 Å². The average Bonchev–Trinajstić information content (AvgIpc) is 2.53. The van der Waals surface area contributed by atoms with Crippen LogP contribution in [0.1, 0.15) is 48.0 Å². The van der Waals surface area contributed by atoms with E-state index in [1.54, 1.807) is 0 Å². The Labute approximate surface area is 138 Å². The lowest BCUT2D eigenvalue weighted by atomic mass is 9.86. The van der Waals surface area contributed by atoms with E-state index in [0.717, 1.165) is 61.9 Å². The van der Waals surface area contributed by atoms with Gasteiger partial charge in [0.25, 0.3) is 5.91 Å². The van der Waals surface area contributed by atoms with Crippen molar-refractivity contribution in [2.24, 2.45) is 5.92 Å². The molecule has 122 valence electrons. The van der Waals surface area contributed by atoms with Crippen LogP contribution >= 0.6 is 12.4 Å². The first-order valence-electron chi connectivity index (χ1n) is 8.08. The van der Waals surface area contributed by atoms with E-state index >= 15 is 0 Å². The van der Waals surface area contributed by atoms with Gasteiger partial charge in [-0.2, -0.15) is 0 Å². The zero-order chi connectivity index (χ0) is 14.7. The number of carbonyl (C=O) groups is 1. The van der Waals surface area contributed by atoms with Gasteiger partial charge in [0.05, 0.1) is 6.10 Å². The van der Waals surface area contributed by atoms with Crippen LogP contribution in [0, 0.1) is 5.92 Å². The van der Waals surface area contributed by atoms with E-state index < -0.39 is 0 Å². The normalized spacial score (nSPS) is 23.7. The van der Waals surface area contributed by atoms with Crippen LogP contribution in [-0.2, 0) is 6.42 Å². The van der Waals surface area contributed by atoms with Crippen molar-refractivity contribution in [2.45, 2.75) is 44.6 Å². The van der Waals surface area contributed by atoms with Crippen molar-refractivity contribution >= 4 is 24.0 Å². The van der Waals surface area contributed by atoms with Crippen LogP contribution in [-0.4, -0.2) is 30.2 Å². The van der Waals surface area contributed by atoms with Crippen LogP contribution in [0.3, 0.4) is 0 Å². The number of amides is 1. The SMILES string of the molecule is Cl.O=C(NCC1CCCCC1O)c1cccc2c1CCCN2. The smallest absolute Gasteiger partial charge is 0.251 e. The zero-order valence-electron chi connectivity index (χ0n) is 12.8. The molecule has 0 bridgehead atoms. The van der Waals surface area contributed by atoms with Crippen LogP contribution in [0.25, 0.3) is 0 Å². The summed E-state index contributed by atoms with van der Waals surface area (Å²) in [4.78, 5) is 12.4. The second kappa shape index (κ2) is 7.84. The minimum absolute atomic E-state index is 0. The average molecular weight is 325 g/mol. The third-order valence-electron chi connectivity index (χ3n) is 4.73. The van der Waals surface area contributed by atoms with E-state index in [1.807, 2.05) is 18.2 Å². The highest BCUT2D eigenvalue weighted by Gasteiger charge is 2.24. The van der Waals surface area contributed by atoms with Gasteiger partial charge in [0.1, 0.15) is 0 Å². The van der Waals surface area contributed by atoms with Gasteiger partial charge in [-0.05, 0) is 43.4 Å². The predicted molar refractivity (Wildman–Crippen MR) is 90.8 cm³/mol. The number of hydrogen-bond acceptors (Lipinski definition) is 3. The molecule has 1 fully saturated rings. The third kappa shape index (κ3) is 3.73. The van der Waals surface area contributed by atoms with Gasteiger partial charge in [0.2, 0.25) is 0 Å². The summed E-state index contributed by atoms with van der Waals surface area (Å²) in [5, 5.41) is 16.4. The summed E-state index contributed by atoms with van der Waals surface area (Å²) in [5.41, 5.74) is 3.00. The van der Waals surface area contributed by atoms with Crippen molar-refractivity contribution < 1.29 is 9.90 Å². The number of nitrogens with one attached hydrogen (secondary N) is 2. The van der Waals surface area contributed by atoms with E-state index in [9.17, 15) is 9.90 Å². The van der Waals surface area contributed by atoms with Crippen molar-refractivity contribution in [3.8, 4) is 0 Å². The van der Waals surface area contributed by atoms with Crippen LogP contribution in [0.4, 0.5) is 5.69 Å². The van der Waals surface area contributed by atoms with Gasteiger partial charge < -0.3 is 15.7 Å². The monoisotopic (exact) mass is 324 g/mol. The minimum Gasteiger partial charge on any atom is -0.393 e. The van der Waals surface area contributed by atoms with Gasteiger partial charge in [0.15, 0.2) is 0 Å². The lowest BCUT2D eigenvalue weighted by molar-refractivity contribution is 0.0662. The molecular weight excluding hydrogens is 300 g/mol. The minimum atomic E-state index is -0.259. The van der Waals surface area contributed by atoms with Crippen LogP contribution in [0.15, 0.2) is 18.2 Å². The second-order valence-electron chi connectivity index (χ2n) is 6.18. The summed E-state index contributed by atoms with van der Waals surface area (Å²) in [6.07, 6.45) is 5.90. The molecule has 0 saturated heterocycles. The first-order valence-corrected chi connectivity index (χ1v) is 8.08. The first kappa shape index (κ1) is 17.1. The Morgan fingerprint density at radius 1 is 1.27 bits per heavy atom. The second-order valence-corrected chi connectivity index (χ2v) is 6.18. The zero-order valence-corrected chi connectivity index (χ0v) is 13.6. The maximum atomic E-state index is 12.4. The summed E-state index contributed by atoms with van der Waals surface area (Å²) in [7, 11) is 0. The largest absolute Gasteiger partial charge is 0.393 e. The maximum absolute atomic E-state index is 12.4. The van der Waals surface area contributed by atoms with Crippen LogP contribution in [0.5, 0.6) is 0 Å². The first-order chi connectivity index (χ1) is 10.3. The fraction of sp³-hybridized carbons (Fsp3) is 0.588. The lowest BCUT2D eigenvalue weighted by Crippen LogP contribution is -2.37. The Hall–Kier alpha value is -1.26. The molecule has 1 aliphatic carbocycles. The van der Waals surface area contributed by atoms with Gasteiger partial charge in [-0.1, -0.05) is 18.9 Å². The molecule has 22 heavy (non-hydrogen) atoms. The molecule has 0 spiro atoms. The molecule has 1 aromatic carbocycles. The lowest BCUT2D eigenvalue weighted by Gasteiger charge is -2.28. The highest BCUT2D eigenvalue weighted by atomic mass is 35.5. The van der Waals surface area contributed by atoms with E-state index in [-0.39, 0.29) is 30.3 Å². The van der Waals surface area contributed by atoms with Crippen LogP contribution in [0.2, 0.25) is 0 Å². The summed E-state index contributed by atoms with van der Waals surface area (Å²) >= 11 is 0. The number of carbonyl (C=O) groups excluding carboxylic acids is 1. The standard InChI is InChI=1S/C17H24N2O2.ClH/c20-16-9-2-1-5-12(16)11-19-17(21)14-6-3-8-15-13(14)7-4-10-18-15;/h3,6,8,12,16,18,20H,1-2,4-5,7,9-11H2,(H,19,21);1H. The Bertz CT molecular complexity index is 521. The fourth-order valence-corrected chi connectivity index (χ4v) is 3.47. The number of halogens is 1. The van der Waals surface area contributed by atoms with Gasteiger partial charge >= 0.3 is 0 Å². The van der Waals surface area contributed by atoms with Crippen molar-refractivity contribution in [3.05, 3.63) is 29.3 Å². The summed E-state index contributed by atoms with van der Waals surface area (Å²) in [5.74, 6) is 0.202. The van der Waals surface area contributed by atoms with Crippen molar-refractivity contribution in [1.82, 2.24) is 5.32 Å². The highest BCUT2D eigenvalue weighted by Crippen LogP contribution is 2.26. The summed E-state index contributed by atoms with van der Waals surface area (Å²) < 4.78 is 0. The molecule has 1 saturated carbocycles. The van der Waals surface area contributed by atoms with Gasteiger partial charge in [0, 0.05) is 30.3 Å².